The molecule has 0 aliphatic carbocycles. The van der Waals surface area contributed by atoms with E-state index >= 15 is 0 Å². The third kappa shape index (κ3) is 3.55. The smallest absolute Gasteiger partial charge is 0.273 e. The lowest BCUT2D eigenvalue weighted by atomic mass is 10.0. The molecule has 1 fully saturated rings. The maximum absolute atomic E-state index is 12.3. The lowest BCUT2D eigenvalue weighted by Gasteiger charge is -2.26. The summed E-state index contributed by atoms with van der Waals surface area (Å²) in [6, 6.07) is 3.58. The number of likely N-dealkylation sites (tertiary alicyclic amines) is 1. The van der Waals surface area contributed by atoms with Gasteiger partial charge in [-0.3, -0.25) is 9.69 Å². The molecule has 2 aliphatic rings. The molecule has 0 unspecified atom stereocenters. The van der Waals surface area contributed by atoms with Crippen molar-refractivity contribution in [2.45, 2.75) is 39.7 Å². The summed E-state index contributed by atoms with van der Waals surface area (Å²) in [5.74, 6) is -0.222. The minimum Gasteiger partial charge on any atom is -0.359 e. The van der Waals surface area contributed by atoms with Gasteiger partial charge in [0.15, 0.2) is 0 Å². The first-order valence-electron chi connectivity index (χ1n) is 9.42. The van der Waals surface area contributed by atoms with Gasteiger partial charge in [-0.1, -0.05) is 6.42 Å². The normalized spacial score (nSPS) is 19.4. The van der Waals surface area contributed by atoms with Gasteiger partial charge >= 0.3 is 0 Å². The van der Waals surface area contributed by atoms with Crippen LogP contribution in [-0.4, -0.2) is 44.8 Å². The summed E-state index contributed by atoms with van der Waals surface area (Å²) < 4.78 is 0. The number of nitrogens with one attached hydrogen (secondary N) is 2. The fourth-order valence-electron chi connectivity index (χ4n) is 3.77. The molecule has 4 rings (SSSR count). The van der Waals surface area contributed by atoms with E-state index in [0.717, 1.165) is 31.0 Å². The quantitative estimate of drug-likeness (QED) is 0.815. The van der Waals surface area contributed by atoms with Gasteiger partial charge in [0, 0.05) is 24.1 Å². The molecule has 0 spiro atoms. The van der Waals surface area contributed by atoms with E-state index in [1.807, 2.05) is 6.08 Å². The summed E-state index contributed by atoms with van der Waals surface area (Å²) in [5.41, 5.74) is 8.75. The third-order valence-corrected chi connectivity index (χ3v) is 5.33. The number of aromatic amines is 1. The number of piperidine rings is 1. The number of carbonyl (C=O) groups is 1. The molecule has 7 heteroatoms. The molecule has 0 atom stereocenters. The maximum Gasteiger partial charge on any atom is 0.273 e. The monoisotopic (exact) mass is 364 g/mol. The number of nitrogens with zero attached hydrogens (tertiary/aromatic N) is 4. The number of hydrazone groups is 1. The minimum absolute atomic E-state index is 0.222. The first kappa shape index (κ1) is 17.6. The molecule has 140 valence electrons. The Balaban J connectivity index is 1.64. The van der Waals surface area contributed by atoms with Gasteiger partial charge in [-0.05, 0) is 69.1 Å². The van der Waals surface area contributed by atoms with Crippen LogP contribution in [0.4, 0.5) is 0 Å². The fourth-order valence-corrected chi connectivity index (χ4v) is 3.77. The number of carbonyl (C=O) groups excluding carboxylic acids is 1. The number of aryl methyl sites for hydroxylation is 1. The van der Waals surface area contributed by atoms with E-state index in [2.05, 4.69) is 44.5 Å². The highest BCUT2D eigenvalue weighted by atomic mass is 16.2. The molecule has 2 aliphatic heterocycles. The van der Waals surface area contributed by atoms with E-state index in [4.69, 9.17) is 0 Å². The molecule has 7 nitrogen and oxygen atoms in total. The lowest BCUT2D eigenvalue weighted by Crippen LogP contribution is -2.29. The molecule has 4 heterocycles. The van der Waals surface area contributed by atoms with Crippen LogP contribution in [-0.2, 0) is 11.3 Å². The highest BCUT2D eigenvalue weighted by molar-refractivity contribution is 6.32. The third-order valence-electron chi connectivity index (χ3n) is 5.33. The number of rotatable bonds is 4. The van der Waals surface area contributed by atoms with Gasteiger partial charge in [-0.25, -0.2) is 5.43 Å². The Morgan fingerprint density at radius 2 is 2.04 bits per heavy atom. The zero-order chi connectivity index (χ0) is 18.8. The summed E-state index contributed by atoms with van der Waals surface area (Å²) in [7, 11) is 0. The standard InChI is InChI=1S/C20H24N6O/c1-13-16(12-26-9-4-3-5-10-26)14(2)22-18(13)11-15-19(24-25-20(15)27)17-7-6-8-21-23-17/h6-8,11,22H,3-5,9-10,12H2,1-2H3,(H,25,27)/b15-11+. The first-order chi connectivity index (χ1) is 13.1. The minimum atomic E-state index is -0.222. The topological polar surface area (TPSA) is 86.3 Å². The summed E-state index contributed by atoms with van der Waals surface area (Å²) in [4.78, 5) is 18.3. The Bertz CT molecular complexity index is 906. The number of hydrogen-bond donors (Lipinski definition) is 2. The molecule has 0 radical (unpaired) electrons. The van der Waals surface area contributed by atoms with Crippen molar-refractivity contribution < 1.29 is 4.79 Å². The molecule has 1 amide bonds. The molecule has 27 heavy (non-hydrogen) atoms. The molecule has 2 aromatic rings. The van der Waals surface area contributed by atoms with Crippen molar-refractivity contribution >= 4 is 17.7 Å². The first-order valence-corrected chi connectivity index (χ1v) is 9.42. The average molecular weight is 364 g/mol. The van der Waals surface area contributed by atoms with Gasteiger partial charge in [0.05, 0.1) is 5.57 Å². The van der Waals surface area contributed by atoms with Gasteiger partial charge < -0.3 is 4.98 Å². The lowest BCUT2D eigenvalue weighted by molar-refractivity contribution is -0.116. The molecule has 0 bridgehead atoms. The maximum atomic E-state index is 12.3. The highest BCUT2D eigenvalue weighted by Crippen LogP contribution is 2.25. The van der Waals surface area contributed by atoms with Crippen molar-refractivity contribution in [3.8, 4) is 0 Å². The van der Waals surface area contributed by atoms with Crippen LogP contribution < -0.4 is 5.43 Å². The van der Waals surface area contributed by atoms with Gasteiger partial charge in [0.2, 0.25) is 0 Å². The summed E-state index contributed by atoms with van der Waals surface area (Å²) in [6.45, 7) is 7.48. The van der Waals surface area contributed by atoms with Crippen LogP contribution >= 0.6 is 0 Å². The van der Waals surface area contributed by atoms with Crippen molar-refractivity contribution in [1.29, 1.82) is 0 Å². The largest absolute Gasteiger partial charge is 0.359 e. The highest BCUT2D eigenvalue weighted by Gasteiger charge is 2.26. The molecule has 1 saturated heterocycles. The zero-order valence-electron chi connectivity index (χ0n) is 15.7. The summed E-state index contributed by atoms with van der Waals surface area (Å²) >= 11 is 0. The van der Waals surface area contributed by atoms with Gasteiger partial charge in [0.25, 0.3) is 5.91 Å². The number of H-pyrrole nitrogens is 1. The molecule has 0 aromatic carbocycles. The number of aromatic nitrogens is 3. The second-order valence-electron chi connectivity index (χ2n) is 7.17. The van der Waals surface area contributed by atoms with Crippen molar-refractivity contribution in [3.05, 3.63) is 52.1 Å². The summed E-state index contributed by atoms with van der Waals surface area (Å²) in [6.07, 6.45) is 7.36. The van der Waals surface area contributed by atoms with Crippen LogP contribution in [0.25, 0.3) is 6.08 Å². The van der Waals surface area contributed by atoms with Crippen LogP contribution in [0.3, 0.4) is 0 Å². The molecular weight excluding hydrogens is 340 g/mol. The van der Waals surface area contributed by atoms with Crippen LogP contribution in [0.1, 0.15) is 47.5 Å². The number of hydrogen-bond acceptors (Lipinski definition) is 5. The second-order valence-corrected chi connectivity index (χ2v) is 7.17. The van der Waals surface area contributed by atoms with Crippen LogP contribution in [0, 0.1) is 13.8 Å². The Labute approximate surface area is 158 Å². The summed E-state index contributed by atoms with van der Waals surface area (Å²) in [5, 5.41) is 12.1. The van der Waals surface area contributed by atoms with Gasteiger partial charge in [-0.15, -0.1) is 5.10 Å². The SMILES string of the molecule is Cc1[nH]c(/C=C2/C(=O)NN=C2c2cccnn2)c(C)c1CN1CCCCC1. The van der Waals surface area contributed by atoms with Gasteiger partial charge in [0.1, 0.15) is 11.4 Å². The average Bonchev–Trinajstić information content (AvgIpc) is 3.18. The Hall–Kier alpha value is -2.80. The predicted molar refractivity (Wildman–Crippen MR) is 104 cm³/mol. The Morgan fingerprint density at radius 3 is 2.78 bits per heavy atom. The van der Waals surface area contributed by atoms with Crippen LogP contribution in [0.15, 0.2) is 29.0 Å². The predicted octanol–water partition coefficient (Wildman–Crippen LogP) is 2.32. The van der Waals surface area contributed by atoms with E-state index in [-0.39, 0.29) is 5.91 Å². The van der Waals surface area contributed by atoms with E-state index in [1.54, 1.807) is 18.3 Å². The van der Waals surface area contributed by atoms with E-state index in [9.17, 15) is 4.79 Å². The molecule has 2 aromatic heterocycles. The molecular formula is C20H24N6O. The fraction of sp³-hybridized carbons (Fsp3) is 0.400. The Morgan fingerprint density at radius 1 is 1.22 bits per heavy atom. The van der Waals surface area contributed by atoms with Gasteiger partial charge in [-0.2, -0.15) is 10.2 Å². The van der Waals surface area contributed by atoms with E-state index < -0.39 is 0 Å². The van der Waals surface area contributed by atoms with Crippen molar-refractivity contribution in [3.63, 3.8) is 0 Å². The van der Waals surface area contributed by atoms with Crippen LogP contribution in [0.2, 0.25) is 0 Å². The van der Waals surface area contributed by atoms with Crippen molar-refractivity contribution in [2.24, 2.45) is 5.10 Å². The Kier molecular flexibility index (Phi) is 4.85. The zero-order valence-corrected chi connectivity index (χ0v) is 15.7. The van der Waals surface area contributed by atoms with Crippen molar-refractivity contribution in [1.82, 2.24) is 25.5 Å². The molecule has 0 saturated carbocycles. The van der Waals surface area contributed by atoms with E-state index in [1.165, 1.54) is 30.4 Å². The van der Waals surface area contributed by atoms with Crippen molar-refractivity contribution in [2.75, 3.05) is 13.1 Å². The second kappa shape index (κ2) is 7.44. The van der Waals surface area contributed by atoms with E-state index in [0.29, 0.717) is 17.0 Å². The molecule has 2 N–H and O–H groups in total. The number of amides is 1. The van der Waals surface area contributed by atoms with Crippen LogP contribution in [0.5, 0.6) is 0 Å².